The zero-order chi connectivity index (χ0) is 23.8. The second kappa shape index (κ2) is 8.65. The lowest BCUT2D eigenvalue weighted by atomic mass is 10.2. The van der Waals surface area contributed by atoms with Crippen LogP contribution in [0.4, 0.5) is 20.2 Å². The molecule has 9 nitrogen and oxygen atoms in total. The van der Waals surface area contributed by atoms with Crippen molar-refractivity contribution in [3.63, 3.8) is 0 Å². The van der Waals surface area contributed by atoms with Gasteiger partial charge >= 0.3 is 0 Å². The Bertz CT molecular complexity index is 1390. The lowest BCUT2D eigenvalue weighted by Gasteiger charge is -2.09. The highest BCUT2D eigenvalue weighted by atomic mass is 19.3. The second-order valence-electron chi connectivity index (χ2n) is 8.00. The lowest BCUT2D eigenvalue weighted by Crippen LogP contribution is -2.17. The molecule has 1 aliphatic rings. The van der Waals surface area contributed by atoms with E-state index in [4.69, 9.17) is 0 Å². The number of aryl methyl sites for hydroxylation is 1. The minimum atomic E-state index is -2.75. The number of nitrogens with zero attached hydrogens (tertiary/aromatic N) is 5. The molecular formula is C23H21F2N7O2. The first kappa shape index (κ1) is 21.7. The number of fused-ring (bicyclic) bond motifs is 1. The van der Waals surface area contributed by atoms with Crippen LogP contribution in [0.2, 0.25) is 0 Å². The zero-order valence-electron chi connectivity index (χ0n) is 18.2. The van der Waals surface area contributed by atoms with E-state index in [2.05, 4.69) is 25.8 Å². The molecule has 2 amide bonds. The number of aromatic nitrogens is 5. The molecule has 0 atom stereocenters. The maximum atomic E-state index is 13.6. The van der Waals surface area contributed by atoms with Crippen molar-refractivity contribution >= 4 is 28.8 Å². The number of anilines is 2. The van der Waals surface area contributed by atoms with Crippen molar-refractivity contribution in [2.75, 3.05) is 10.6 Å². The summed E-state index contributed by atoms with van der Waals surface area (Å²) in [5, 5.41) is 13.6. The van der Waals surface area contributed by atoms with Gasteiger partial charge in [-0.05, 0) is 50.1 Å². The molecule has 11 heteroatoms. The number of nitrogens with one attached hydrogen (secondary N) is 2. The Morgan fingerprint density at radius 1 is 1.09 bits per heavy atom. The average molecular weight is 465 g/mol. The Kier molecular flexibility index (Phi) is 5.52. The number of benzene rings is 1. The van der Waals surface area contributed by atoms with E-state index in [0.717, 1.165) is 17.4 Å². The van der Waals surface area contributed by atoms with Crippen molar-refractivity contribution in [1.82, 2.24) is 24.4 Å². The van der Waals surface area contributed by atoms with Crippen molar-refractivity contribution in [2.45, 2.75) is 38.7 Å². The minimum Gasteiger partial charge on any atom is -0.321 e. The lowest BCUT2D eigenvalue weighted by molar-refractivity contribution is 0.101. The molecule has 0 aliphatic heterocycles. The molecule has 1 aromatic carbocycles. The predicted octanol–water partition coefficient (Wildman–Crippen LogP) is 4.27. The highest BCUT2D eigenvalue weighted by molar-refractivity contribution is 6.05. The Morgan fingerprint density at radius 3 is 2.50 bits per heavy atom. The summed E-state index contributed by atoms with van der Waals surface area (Å²) >= 11 is 0. The van der Waals surface area contributed by atoms with Gasteiger partial charge in [-0.25, -0.2) is 18.3 Å². The molecule has 4 aromatic rings. The molecule has 3 aromatic heterocycles. The van der Waals surface area contributed by atoms with Crippen LogP contribution in [0.15, 0.2) is 48.7 Å². The van der Waals surface area contributed by atoms with Gasteiger partial charge in [0, 0.05) is 41.8 Å². The van der Waals surface area contributed by atoms with Crippen molar-refractivity contribution in [1.29, 1.82) is 0 Å². The molecule has 0 unspecified atom stereocenters. The van der Waals surface area contributed by atoms with E-state index >= 15 is 0 Å². The summed E-state index contributed by atoms with van der Waals surface area (Å²) in [6.45, 7) is 2.43. The third-order valence-corrected chi connectivity index (χ3v) is 5.55. The van der Waals surface area contributed by atoms with Crippen LogP contribution in [0.5, 0.6) is 0 Å². The molecule has 1 fully saturated rings. The molecule has 0 spiro atoms. The van der Waals surface area contributed by atoms with E-state index in [-0.39, 0.29) is 28.9 Å². The van der Waals surface area contributed by atoms with Crippen LogP contribution < -0.4 is 10.6 Å². The van der Waals surface area contributed by atoms with Crippen molar-refractivity contribution < 1.29 is 18.4 Å². The summed E-state index contributed by atoms with van der Waals surface area (Å²) < 4.78 is 29.8. The van der Waals surface area contributed by atoms with E-state index in [9.17, 15) is 18.4 Å². The van der Waals surface area contributed by atoms with Gasteiger partial charge in [0.15, 0.2) is 11.3 Å². The third kappa shape index (κ3) is 4.24. The van der Waals surface area contributed by atoms with Gasteiger partial charge in [0.25, 0.3) is 18.2 Å². The molecular weight excluding hydrogens is 444 g/mol. The molecule has 1 saturated carbocycles. The van der Waals surface area contributed by atoms with Crippen LogP contribution >= 0.6 is 0 Å². The van der Waals surface area contributed by atoms with Crippen LogP contribution in [0.3, 0.4) is 0 Å². The Labute approximate surface area is 192 Å². The molecule has 3 heterocycles. The molecule has 174 valence electrons. The van der Waals surface area contributed by atoms with E-state index in [0.29, 0.717) is 29.3 Å². The monoisotopic (exact) mass is 465 g/mol. The number of carbonyl (C=O) groups is 2. The molecule has 0 radical (unpaired) electrons. The number of alkyl halides is 2. The van der Waals surface area contributed by atoms with E-state index in [1.165, 1.54) is 12.1 Å². The average Bonchev–Trinajstić information content (AvgIpc) is 3.39. The summed E-state index contributed by atoms with van der Waals surface area (Å²) in [6.07, 6.45) is 0.636. The fourth-order valence-electron chi connectivity index (χ4n) is 3.72. The third-order valence-electron chi connectivity index (χ3n) is 5.55. The minimum absolute atomic E-state index is 0.0383. The maximum absolute atomic E-state index is 13.6. The van der Waals surface area contributed by atoms with Gasteiger partial charge in [0.05, 0.1) is 0 Å². The van der Waals surface area contributed by atoms with Crippen LogP contribution in [0, 0.1) is 0 Å². The maximum Gasteiger partial charge on any atom is 0.280 e. The first-order chi connectivity index (χ1) is 16.4. The van der Waals surface area contributed by atoms with E-state index in [1.54, 1.807) is 41.2 Å². The molecule has 0 bridgehead atoms. The van der Waals surface area contributed by atoms with Gasteiger partial charge in [0.1, 0.15) is 11.4 Å². The van der Waals surface area contributed by atoms with E-state index in [1.807, 2.05) is 6.92 Å². The summed E-state index contributed by atoms with van der Waals surface area (Å²) in [7, 11) is 0. The SMILES string of the molecule is CCn1nccc1C(=O)Nc1cccc(NC(=O)c2cc3nc(C4CC4)cc(C(F)F)n3n2)c1. The molecule has 0 saturated heterocycles. The first-order valence-electron chi connectivity index (χ1n) is 10.9. The normalized spacial score (nSPS) is 13.4. The summed E-state index contributed by atoms with van der Waals surface area (Å²) in [5.74, 6) is -0.727. The number of halogens is 2. The molecule has 1 aliphatic carbocycles. The smallest absolute Gasteiger partial charge is 0.280 e. The van der Waals surface area contributed by atoms with Crippen LogP contribution in [0.1, 0.15) is 64.5 Å². The standard InChI is InChI=1S/C23H21F2N7O2/c1-2-31-18(8-9-26-31)23(34)28-15-5-3-4-14(10-15)27-22(33)17-12-20-29-16(13-6-7-13)11-19(21(24)25)32(20)30-17/h3-5,8-13,21H,2,6-7H2,1H3,(H,27,33)(H,28,34). The van der Waals surface area contributed by atoms with Gasteiger partial charge in [-0.15, -0.1) is 0 Å². The summed E-state index contributed by atoms with van der Waals surface area (Å²) in [4.78, 5) is 29.7. The largest absolute Gasteiger partial charge is 0.321 e. The fraction of sp³-hybridized carbons (Fsp3) is 0.261. The van der Waals surface area contributed by atoms with Crippen molar-refractivity contribution in [2.24, 2.45) is 0 Å². The number of amides is 2. The van der Waals surface area contributed by atoms with Crippen LogP contribution in [-0.4, -0.2) is 36.2 Å². The Balaban J connectivity index is 1.35. The van der Waals surface area contributed by atoms with Gasteiger partial charge in [0.2, 0.25) is 0 Å². The first-order valence-corrected chi connectivity index (χ1v) is 10.9. The van der Waals surface area contributed by atoms with Gasteiger partial charge in [-0.2, -0.15) is 10.2 Å². The number of hydrogen-bond acceptors (Lipinski definition) is 5. The predicted molar refractivity (Wildman–Crippen MR) is 120 cm³/mol. The van der Waals surface area contributed by atoms with Gasteiger partial charge in [-0.3, -0.25) is 14.3 Å². The van der Waals surface area contributed by atoms with Gasteiger partial charge < -0.3 is 10.6 Å². The zero-order valence-corrected chi connectivity index (χ0v) is 18.2. The number of rotatable bonds is 7. The molecule has 34 heavy (non-hydrogen) atoms. The van der Waals surface area contributed by atoms with Crippen molar-refractivity contribution in [3.05, 3.63) is 71.4 Å². The number of carbonyl (C=O) groups excluding carboxylic acids is 2. The Hall–Kier alpha value is -4.15. The topological polar surface area (TPSA) is 106 Å². The summed E-state index contributed by atoms with van der Waals surface area (Å²) in [5.41, 5.74) is 1.77. The van der Waals surface area contributed by atoms with Gasteiger partial charge in [-0.1, -0.05) is 6.07 Å². The van der Waals surface area contributed by atoms with Crippen LogP contribution in [-0.2, 0) is 6.54 Å². The second-order valence-corrected chi connectivity index (χ2v) is 8.00. The number of hydrogen-bond donors (Lipinski definition) is 2. The highest BCUT2D eigenvalue weighted by Crippen LogP contribution is 2.40. The summed E-state index contributed by atoms with van der Waals surface area (Å²) in [6, 6.07) is 11.0. The van der Waals surface area contributed by atoms with E-state index < -0.39 is 12.3 Å². The fourth-order valence-corrected chi connectivity index (χ4v) is 3.72. The Morgan fingerprint density at radius 2 is 1.82 bits per heavy atom. The van der Waals surface area contributed by atoms with Crippen molar-refractivity contribution in [3.8, 4) is 0 Å². The highest BCUT2D eigenvalue weighted by Gasteiger charge is 2.28. The molecule has 5 rings (SSSR count). The van der Waals surface area contributed by atoms with Crippen LogP contribution in [0.25, 0.3) is 5.65 Å². The quantitative estimate of drug-likeness (QED) is 0.424. The molecule has 2 N–H and O–H groups in total.